The zero-order valence-corrected chi connectivity index (χ0v) is 14.4. The van der Waals surface area contributed by atoms with E-state index < -0.39 is 0 Å². The van der Waals surface area contributed by atoms with Crippen LogP contribution < -0.4 is 4.90 Å². The molecule has 0 fully saturated rings. The molecule has 2 nitrogen and oxygen atoms in total. The third kappa shape index (κ3) is 3.09. The van der Waals surface area contributed by atoms with E-state index in [4.69, 9.17) is 0 Å². The first kappa shape index (κ1) is 16.1. The van der Waals surface area contributed by atoms with Gasteiger partial charge in [-0.1, -0.05) is 72.8 Å². The number of rotatable bonds is 5. The molecule has 4 aromatic carbocycles. The summed E-state index contributed by atoms with van der Waals surface area (Å²) < 4.78 is 0. The molecule has 0 aliphatic rings. The molecule has 0 aliphatic carbocycles. The van der Waals surface area contributed by atoms with Gasteiger partial charge in [-0.3, -0.25) is 4.79 Å². The van der Waals surface area contributed by atoms with Gasteiger partial charge in [-0.15, -0.1) is 0 Å². The Balaban J connectivity index is 1.89. The number of fused-ring (bicyclic) bond motifs is 1. The van der Waals surface area contributed by atoms with E-state index in [2.05, 4.69) is 59.5 Å². The minimum absolute atomic E-state index is 0.720. The fourth-order valence-electron chi connectivity index (χ4n) is 3.33. The highest BCUT2D eigenvalue weighted by Crippen LogP contribution is 2.34. The van der Waals surface area contributed by atoms with E-state index in [0.717, 1.165) is 40.5 Å². The molecule has 0 atom stereocenters. The first-order chi connectivity index (χ1) is 12.9. The lowest BCUT2D eigenvalue weighted by Gasteiger charge is -2.27. The smallest absolute Gasteiger partial charge is 0.150 e. The van der Waals surface area contributed by atoms with Crippen molar-refractivity contribution in [3.8, 4) is 0 Å². The molecule has 126 valence electrons. The van der Waals surface area contributed by atoms with Crippen LogP contribution in [-0.2, 0) is 6.54 Å². The molecular formula is C24H19NO. The largest absolute Gasteiger partial charge is 0.336 e. The molecule has 0 N–H and O–H groups in total. The van der Waals surface area contributed by atoms with Gasteiger partial charge in [-0.25, -0.2) is 0 Å². The summed E-state index contributed by atoms with van der Waals surface area (Å²) in [7, 11) is 0. The van der Waals surface area contributed by atoms with Gasteiger partial charge in [-0.05, 0) is 35.2 Å². The van der Waals surface area contributed by atoms with Crippen LogP contribution in [0.2, 0.25) is 0 Å². The number of anilines is 2. The molecular weight excluding hydrogens is 318 g/mol. The van der Waals surface area contributed by atoms with Gasteiger partial charge in [0.1, 0.15) is 0 Å². The Hall–Kier alpha value is -3.39. The van der Waals surface area contributed by atoms with E-state index in [-0.39, 0.29) is 0 Å². The molecule has 4 aromatic rings. The number of nitrogens with zero attached hydrogens (tertiary/aromatic N) is 1. The molecule has 0 aliphatic heterocycles. The summed E-state index contributed by atoms with van der Waals surface area (Å²) in [4.78, 5) is 13.7. The molecule has 2 heteroatoms. The molecule has 0 bridgehead atoms. The minimum atomic E-state index is 0.720. The second-order valence-electron chi connectivity index (χ2n) is 6.24. The first-order valence-electron chi connectivity index (χ1n) is 8.70. The number of para-hydroxylation sites is 1. The topological polar surface area (TPSA) is 20.3 Å². The summed E-state index contributed by atoms with van der Waals surface area (Å²) in [5, 5.41) is 2.06. The maximum Gasteiger partial charge on any atom is 0.150 e. The first-order valence-corrected chi connectivity index (χ1v) is 8.70. The lowest BCUT2D eigenvalue weighted by Crippen LogP contribution is -2.16. The zero-order chi connectivity index (χ0) is 17.8. The molecule has 0 aromatic heterocycles. The average molecular weight is 337 g/mol. The van der Waals surface area contributed by atoms with Crippen molar-refractivity contribution in [2.24, 2.45) is 0 Å². The molecule has 0 unspecified atom stereocenters. The van der Waals surface area contributed by atoms with Crippen molar-refractivity contribution >= 4 is 28.4 Å². The fourth-order valence-corrected chi connectivity index (χ4v) is 3.33. The Morgan fingerprint density at radius 1 is 0.654 bits per heavy atom. The molecule has 4 rings (SSSR count). The molecule has 0 heterocycles. The van der Waals surface area contributed by atoms with Crippen LogP contribution in [0.1, 0.15) is 15.9 Å². The molecule has 0 saturated heterocycles. The number of benzene rings is 4. The normalized spacial score (nSPS) is 10.6. The lowest BCUT2D eigenvalue weighted by atomic mass is 10.0. The van der Waals surface area contributed by atoms with E-state index in [1.165, 1.54) is 5.56 Å². The number of carbonyl (C=O) groups excluding carboxylic acids is 1. The summed E-state index contributed by atoms with van der Waals surface area (Å²) in [5.74, 6) is 0. The molecule has 0 spiro atoms. The Morgan fingerprint density at radius 3 is 1.96 bits per heavy atom. The highest BCUT2D eigenvalue weighted by molar-refractivity contribution is 6.05. The van der Waals surface area contributed by atoms with Gasteiger partial charge in [0, 0.05) is 28.9 Å². The van der Waals surface area contributed by atoms with E-state index >= 15 is 0 Å². The summed E-state index contributed by atoms with van der Waals surface area (Å²) in [6, 6.07) is 32.8. The highest BCUT2D eigenvalue weighted by Gasteiger charge is 2.14. The van der Waals surface area contributed by atoms with Crippen LogP contribution in [0.3, 0.4) is 0 Å². The summed E-state index contributed by atoms with van der Waals surface area (Å²) in [6.07, 6.45) is 0.927. The van der Waals surface area contributed by atoms with Crippen LogP contribution >= 0.6 is 0 Å². The maximum atomic E-state index is 11.4. The van der Waals surface area contributed by atoms with Crippen LogP contribution in [0.25, 0.3) is 10.8 Å². The predicted molar refractivity (Wildman–Crippen MR) is 108 cm³/mol. The van der Waals surface area contributed by atoms with Crippen molar-refractivity contribution in [2.45, 2.75) is 6.54 Å². The third-order valence-electron chi connectivity index (χ3n) is 4.60. The van der Waals surface area contributed by atoms with Gasteiger partial charge in [0.15, 0.2) is 6.29 Å². The minimum Gasteiger partial charge on any atom is -0.336 e. The van der Waals surface area contributed by atoms with Gasteiger partial charge in [0.05, 0.1) is 0 Å². The van der Waals surface area contributed by atoms with Gasteiger partial charge in [0.25, 0.3) is 0 Å². The van der Waals surface area contributed by atoms with Crippen LogP contribution in [0.15, 0.2) is 97.1 Å². The number of hydrogen-bond donors (Lipinski definition) is 0. The monoisotopic (exact) mass is 337 g/mol. The van der Waals surface area contributed by atoms with Crippen LogP contribution in [0, 0.1) is 0 Å². The summed E-state index contributed by atoms with van der Waals surface area (Å²) in [5.41, 5.74) is 4.18. The van der Waals surface area contributed by atoms with Gasteiger partial charge in [-0.2, -0.15) is 0 Å². The molecule has 0 amide bonds. The van der Waals surface area contributed by atoms with Crippen molar-refractivity contribution in [3.05, 3.63) is 108 Å². The molecule has 26 heavy (non-hydrogen) atoms. The van der Waals surface area contributed by atoms with Gasteiger partial charge < -0.3 is 4.90 Å². The average Bonchev–Trinajstić information content (AvgIpc) is 2.73. The number of carbonyl (C=O) groups is 1. The maximum absolute atomic E-state index is 11.4. The van der Waals surface area contributed by atoms with Gasteiger partial charge >= 0.3 is 0 Å². The number of hydrogen-bond acceptors (Lipinski definition) is 2. The van der Waals surface area contributed by atoms with Crippen molar-refractivity contribution in [1.82, 2.24) is 0 Å². The predicted octanol–water partition coefficient (Wildman–Crippen LogP) is 5.99. The van der Waals surface area contributed by atoms with Crippen LogP contribution in [-0.4, -0.2) is 6.29 Å². The quantitative estimate of drug-likeness (QED) is 0.417. The standard InChI is InChI=1S/C24H19NO/c26-18-20-15-16-24(23-14-8-7-13-22(20)23)25(21-11-5-2-6-12-21)17-19-9-3-1-4-10-19/h1-16,18H,17H2. The van der Waals surface area contributed by atoms with Crippen LogP contribution in [0.4, 0.5) is 11.4 Å². The van der Waals surface area contributed by atoms with Gasteiger partial charge in [0.2, 0.25) is 0 Å². The number of aldehydes is 1. The Kier molecular flexibility index (Phi) is 4.48. The molecule has 0 radical (unpaired) electrons. The van der Waals surface area contributed by atoms with Crippen molar-refractivity contribution in [3.63, 3.8) is 0 Å². The molecule has 0 saturated carbocycles. The highest BCUT2D eigenvalue weighted by atomic mass is 16.1. The lowest BCUT2D eigenvalue weighted by molar-refractivity contribution is 0.112. The Morgan fingerprint density at radius 2 is 1.27 bits per heavy atom. The zero-order valence-electron chi connectivity index (χ0n) is 14.4. The summed E-state index contributed by atoms with van der Waals surface area (Å²) >= 11 is 0. The second kappa shape index (κ2) is 7.24. The Bertz CT molecular complexity index is 1030. The SMILES string of the molecule is O=Cc1ccc(N(Cc2ccccc2)c2ccccc2)c2ccccc12. The fraction of sp³-hybridized carbons (Fsp3) is 0.0417. The van der Waals surface area contributed by atoms with Crippen molar-refractivity contribution < 1.29 is 4.79 Å². The van der Waals surface area contributed by atoms with Crippen LogP contribution in [0.5, 0.6) is 0 Å². The van der Waals surface area contributed by atoms with Crippen molar-refractivity contribution in [2.75, 3.05) is 4.90 Å². The Labute approximate surface area is 153 Å². The van der Waals surface area contributed by atoms with E-state index in [9.17, 15) is 4.79 Å². The van der Waals surface area contributed by atoms with E-state index in [1.54, 1.807) is 0 Å². The van der Waals surface area contributed by atoms with E-state index in [0.29, 0.717) is 0 Å². The second-order valence-corrected chi connectivity index (χ2v) is 6.24. The van der Waals surface area contributed by atoms with E-state index in [1.807, 2.05) is 42.5 Å². The third-order valence-corrected chi connectivity index (χ3v) is 4.60. The summed E-state index contributed by atoms with van der Waals surface area (Å²) in [6.45, 7) is 0.759. The van der Waals surface area contributed by atoms with Crippen molar-refractivity contribution in [1.29, 1.82) is 0 Å².